The molecule has 0 spiro atoms. The van der Waals surface area contributed by atoms with Crippen LogP contribution in [0.25, 0.3) is 10.9 Å². The van der Waals surface area contributed by atoms with Crippen molar-refractivity contribution in [3.63, 3.8) is 0 Å². The molecular formula is C20H20FN3O3. The summed E-state index contributed by atoms with van der Waals surface area (Å²) < 4.78 is 12.9. The van der Waals surface area contributed by atoms with Crippen LogP contribution in [0.15, 0.2) is 54.7 Å². The molecule has 0 aliphatic heterocycles. The fourth-order valence-electron chi connectivity index (χ4n) is 2.90. The van der Waals surface area contributed by atoms with E-state index in [1.165, 1.54) is 24.3 Å². The number of aliphatic carboxylic acids is 1. The predicted molar refractivity (Wildman–Crippen MR) is 101 cm³/mol. The maximum atomic E-state index is 12.9. The number of carboxylic acids is 1. The zero-order chi connectivity index (χ0) is 19.2. The Morgan fingerprint density at radius 1 is 1.11 bits per heavy atom. The van der Waals surface area contributed by atoms with Crippen molar-refractivity contribution < 1.29 is 19.1 Å². The number of hydrogen-bond donors (Lipinski definition) is 4. The number of carbonyl (C=O) groups is 2. The highest BCUT2D eigenvalue weighted by molar-refractivity contribution is 5.94. The minimum atomic E-state index is -1.09. The van der Waals surface area contributed by atoms with Gasteiger partial charge in [-0.15, -0.1) is 0 Å². The number of halogens is 1. The largest absolute Gasteiger partial charge is 0.480 e. The van der Waals surface area contributed by atoms with E-state index in [4.69, 9.17) is 0 Å². The van der Waals surface area contributed by atoms with Crippen molar-refractivity contribution in [2.45, 2.75) is 18.9 Å². The number of aromatic amines is 1. The molecule has 0 fully saturated rings. The summed E-state index contributed by atoms with van der Waals surface area (Å²) in [5.74, 6) is -1.95. The summed E-state index contributed by atoms with van der Waals surface area (Å²) in [6, 6.07) is 12.2. The van der Waals surface area contributed by atoms with Crippen LogP contribution in [-0.2, 0) is 16.0 Å². The van der Waals surface area contributed by atoms with E-state index >= 15 is 0 Å². The number of anilines is 1. The Bertz CT molecular complexity index is 937. The molecule has 0 aliphatic carbocycles. The van der Waals surface area contributed by atoms with Crippen LogP contribution in [0.2, 0.25) is 0 Å². The number of H-pyrrole nitrogens is 1. The molecule has 6 nitrogen and oxygen atoms in total. The van der Waals surface area contributed by atoms with Crippen LogP contribution in [0.3, 0.4) is 0 Å². The van der Waals surface area contributed by atoms with Crippen LogP contribution in [0.1, 0.15) is 12.0 Å². The Morgan fingerprint density at radius 2 is 1.85 bits per heavy atom. The number of fused-ring (bicyclic) bond motifs is 1. The Morgan fingerprint density at radius 3 is 2.59 bits per heavy atom. The lowest BCUT2D eigenvalue weighted by Crippen LogP contribution is -2.40. The van der Waals surface area contributed by atoms with E-state index in [1.807, 2.05) is 30.5 Å². The third-order valence-corrected chi connectivity index (χ3v) is 4.28. The van der Waals surface area contributed by atoms with Crippen molar-refractivity contribution in [3.05, 3.63) is 66.1 Å². The molecule has 4 N–H and O–H groups in total. The van der Waals surface area contributed by atoms with Crippen LogP contribution in [0, 0.1) is 5.82 Å². The first-order chi connectivity index (χ1) is 13.0. The molecule has 140 valence electrons. The number of nitrogens with one attached hydrogen (secondary N) is 3. The average Bonchev–Trinajstić information content (AvgIpc) is 3.06. The van der Waals surface area contributed by atoms with Gasteiger partial charge in [-0.05, 0) is 42.3 Å². The number of aromatic nitrogens is 1. The molecule has 0 bridgehead atoms. The Hall–Kier alpha value is -3.19. The molecule has 3 rings (SSSR count). The molecule has 3 aromatic rings. The van der Waals surface area contributed by atoms with Crippen LogP contribution in [-0.4, -0.2) is 34.6 Å². The van der Waals surface area contributed by atoms with Crippen molar-refractivity contribution in [2.75, 3.05) is 11.9 Å². The van der Waals surface area contributed by atoms with E-state index < -0.39 is 23.7 Å². The van der Waals surface area contributed by atoms with Gasteiger partial charge in [-0.3, -0.25) is 9.59 Å². The fourth-order valence-corrected chi connectivity index (χ4v) is 2.90. The van der Waals surface area contributed by atoms with Crippen LogP contribution < -0.4 is 10.6 Å². The monoisotopic (exact) mass is 369 g/mol. The van der Waals surface area contributed by atoms with Crippen molar-refractivity contribution in [2.24, 2.45) is 0 Å². The average molecular weight is 369 g/mol. The molecule has 1 aromatic heterocycles. The highest BCUT2D eigenvalue weighted by Gasteiger charge is 2.20. The molecule has 7 heteroatoms. The first-order valence-corrected chi connectivity index (χ1v) is 8.59. The van der Waals surface area contributed by atoms with E-state index in [-0.39, 0.29) is 6.42 Å². The van der Waals surface area contributed by atoms with E-state index in [0.29, 0.717) is 18.7 Å². The van der Waals surface area contributed by atoms with Gasteiger partial charge < -0.3 is 20.7 Å². The zero-order valence-corrected chi connectivity index (χ0v) is 14.5. The minimum Gasteiger partial charge on any atom is -0.480 e. The van der Waals surface area contributed by atoms with Crippen LogP contribution in [0.4, 0.5) is 10.1 Å². The normalized spacial score (nSPS) is 12.0. The number of para-hydroxylation sites is 1. The quantitative estimate of drug-likeness (QED) is 0.491. The highest BCUT2D eigenvalue weighted by atomic mass is 19.1. The van der Waals surface area contributed by atoms with Crippen molar-refractivity contribution in [3.8, 4) is 0 Å². The van der Waals surface area contributed by atoms with Gasteiger partial charge in [0.05, 0.1) is 6.42 Å². The standard InChI is InChI=1S/C20H20FN3O3/c21-14-5-7-15(8-6-14)24-19(25)11-18(20(26)27)22-10-9-13-12-23-17-4-2-1-3-16(13)17/h1-8,12,18,22-23H,9-11H2,(H,24,25)(H,26,27). The van der Waals surface area contributed by atoms with Crippen molar-refractivity contribution >= 4 is 28.5 Å². The van der Waals surface area contributed by atoms with E-state index in [2.05, 4.69) is 15.6 Å². The second-order valence-electron chi connectivity index (χ2n) is 6.21. The summed E-state index contributed by atoms with van der Waals surface area (Å²) in [5.41, 5.74) is 2.53. The molecule has 1 atom stereocenters. The fraction of sp³-hybridized carbons (Fsp3) is 0.200. The molecule has 0 radical (unpaired) electrons. The minimum absolute atomic E-state index is 0.222. The van der Waals surface area contributed by atoms with Gasteiger partial charge in [-0.25, -0.2) is 4.39 Å². The number of benzene rings is 2. The third kappa shape index (κ3) is 4.92. The topological polar surface area (TPSA) is 94.2 Å². The number of hydrogen-bond acceptors (Lipinski definition) is 3. The summed E-state index contributed by atoms with van der Waals surface area (Å²) in [7, 11) is 0. The SMILES string of the molecule is O=C(CC(NCCc1c[nH]c2ccccc12)C(=O)O)Nc1ccc(F)cc1. The smallest absolute Gasteiger partial charge is 0.321 e. The maximum Gasteiger partial charge on any atom is 0.321 e. The highest BCUT2D eigenvalue weighted by Crippen LogP contribution is 2.17. The number of carbonyl (C=O) groups excluding carboxylic acids is 1. The second kappa shape index (κ2) is 8.46. The van der Waals surface area contributed by atoms with Gasteiger partial charge >= 0.3 is 5.97 Å². The Kier molecular flexibility index (Phi) is 5.83. The van der Waals surface area contributed by atoms with E-state index in [9.17, 15) is 19.1 Å². The van der Waals surface area contributed by atoms with Crippen molar-refractivity contribution in [1.82, 2.24) is 10.3 Å². The molecule has 0 saturated carbocycles. The number of carboxylic acid groups (broad SMARTS) is 1. The summed E-state index contributed by atoms with van der Waals surface area (Å²) in [5, 5.41) is 15.9. The zero-order valence-electron chi connectivity index (χ0n) is 14.5. The predicted octanol–water partition coefficient (Wildman–Crippen LogP) is 2.92. The molecule has 1 unspecified atom stereocenters. The number of amides is 1. The lowest BCUT2D eigenvalue weighted by Gasteiger charge is -2.14. The Balaban J connectivity index is 1.53. The van der Waals surface area contributed by atoms with Gasteiger partial charge in [-0.2, -0.15) is 0 Å². The maximum absolute atomic E-state index is 12.9. The molecular weight excluding hydrogens is 349 g/mol. The van der Waals surface area contributed by atoms with Gasteiger partial charge in [0.15, 0.2) is 0 Å². The van der Waals surface area contributed by atoms with Crippen molar-refractivity contribution in [1.29, 1.82) is 0 Å². The molecule has 1 amide bonds. The summed E-state index contributed by atoms with van der Waals surface area (Å²) in [6.07, 6.45) is 2.32. The summed E-state index contributed by atoms with van der Waals surface area (Å²) >= 11 is 0. The van der Waals surface area contributed by atoms with Crippen LogP contribution >= 0.6 is 0 Å². The van der Waals surface area contributed by atoms with E-state index in [0.717, 1.165) is 16.5 Å². The van der Waals surface area contributed by atoms with Gasteiger partial charge in [0.25, 0.3) is 0 Å². The van der Waals surface area contributed by atoms with Gasteiger partial charge in [0, 0.05) is 29.3 Å². The molecule has 27 heavy (non-hydrogen) atoms. The first kappa shape index (κ1) is 18.6. The van der Waals surface area contributed by atoms with Gasteiger partial charge in [0.1, 0.15) is 11.9 Å². The molecule has 0 saturated heterocycles. The number of rotatable bonds is 8. The molecule has 1 heterocycles. The summed E-state index contributed by atoms with van der Waals surface area (Å²) in [6.45, 7) is 0.419. The molecule has 2 aromatic carbocycles. The van der Waals surface area contributed by atoms with E-state index in [1.54, 1.807) is 0 Å². The Labute approximate surface area is 155 Å². The summed E-state index contributed by atoms with van der Waals surface area (Å²) in [4.78, 5) is 26.7. The second-order valence-corrected chi connectivity index (χ2v) is 6.21. The van der Waals surface area contributed by atoms with Crippen LogP contribution in [0.5, 0.6) is 0 Å². The first-order valence-electron chi connectivity index (χ1n) is 8.59. The lowest BCUT2D eigenvalue weighted by molar-refractivity contribution is -0.141. The van der Waals surface area contributed by atoms with Gasteiger partial charge in [0.2, 0.25) is 5.91 Å². The third-order valence-electron chi connectivity index (χ3n) is 4.28. The van der Waals surface area contributed by atoms with Gasteiger partial charge in [-0.1, -0.05) is 18.2 Å². The lowest BCUT2D eigenvalue weighted by atomic mass is 10.1. The molecule has 0 aliphatic rings.